The van der Waals surface area contributed by atoms with Gasteiger partial charge in [-0.3, -0.25) is 4.79 Å². The lowest BCUT2D eigenvalue weighted by Gasteiger charge is -2.58. The lowest BCUT2D eigenvalue weighted by molar-refractivity contribution is -0.209. The second kappa shape index (κ2) is 8.53. The third kappa shape index (κ3) is 3.53. The van der Waals surface area contributed by atoms with Crippen LogP contribution in [0.15, 0.2) is 12.2 Å². The fourth-order valence-corrected chi connectivity index (χ4v) is 5.73. The van der Waals surface area contributed by atoms with Crippen molar-refractivity contribution in [1.29, 1.82) is 0 Å². The largest absolute Gasteiger partial charge is 0.393 e. The molecule has 0 bridgehead atoms. The zero-order valence-corrected chi connectivity index (χ0v) is 16.4. The number of rotatable bonds is 7. The zero-order chi connectivity index (χ0) is 18.7. The number of hydrogen-bond acceptors (Lipinski definition) is 4. The molecule has 4 heteroatoms. The van der Waals surface area contributed by atoms with Crippen LogP contribution in [0.5, 0.6) is 0 Å². The summed E-state index contributed by atoms with van der Waals surface area (Å²) in [6, 6.07) is 0. The summed E-state index contributed by atoms with van der Waals surface area (Å²) >= 11 is 0. The lowest BCUT2D eigenvalue weighted by Crippen LogP contribution is -2.70. The van der Waals surface area contributed by atoms with E-state index in [1.54, 1.807) is 7.11 Å². The first-order valence-electron chi connectivity index (χ1n) is 10.7. The van der Waals surface area contributed by atoms with E-state index in [4.69, 9.17) is 4.74 Å². The number of methoxy groups -OCH3 is 1. The first-order valence-corrected chi connectivity index (χ1v) is 10.7. The van der Waals surface area contributed by atoms with Gasteiger partial charge in [0.1, 0.15) is 5.60 Å². The highest BCUT2D eigenvalue weighted by molar-refractivity contribution is 5.97. The SMILES string of the molecule is CCCCC1C(=O)[C@]2(OC)CC[C@H](O)[C@@H](/C=C/[C@H](O)C3CCCCC3)[C@H]12. The van der Waals surface area contributed by atoms with E-state index < -0.39 is 17.8 Å². The van der Waals surface area contributed by atoms with Gasteiger partial charge in [-0.05, 0) is 38.0 Å². The Morgan fingerprint density at radius 1 is 1.27 bits per heavy atom. The van der Waals surface area contributed by atoms with Crippen LogP contribution in [0.3, 0.4) is 0 Å². The van der Waals surface area contributed by atoms with Gasteiger partial charge in [-0.1, -0.05) is 51.2 Å². The quantitative estimate of drug-likeness (QED) is 0.677. The number of ketones is 1. The summed E-state index contributed by atoms with van der Waals surface area (Å²) in [4.78, 5) is 12.8. The molecule has 3 fully saturated rings. The minimum absolute atomic E-state index is 0.00803. The summed E-state index contributed by atoms with van der Waals surface area (Å²) in [5.74, 6) is 0.515. The van der Waals surface area contributed by atoms with Crippen LogP contribution < -0.4 is 0 Å². The van der Waals surface area contributed by atoms with E-state index in [0.717, 1.165) is 32.1 Å². The molecule has 0 aromatic rings. The van der Waals surface area contributed by atoms with Crippen molar-refractivity contribution in [3.8, 4) is 0 Å². The molecule has 6 atom stereocenters. The Kier molecular flexibility index (Phi) is 6.58. The number of ether oxygens (including phenoxy) is 1. The number of carbonyl (C=O) groups excluding carboxylic acids is 1. The second-order valence-electron chi connectivity index (χ2n) is 8.69. The third-order valence-corrected chi connectivity index (χ3v) is 7.29. The molecule has 0 amide bonds. The molecule has 3 aliphatic carbocycles. The van der Waals surface area contributed by atoms with Crippen molar-refractivity contribution >= 4 is 5.78 Å². The maximum Gasteiger partial charge on any atom is 0.168 e. The van der Waals surface area contributed by atoms with E-state index in [-0.39, 0.29) is 23.5 Å². The number of fused-ring (bicyclic) bond motifs is 1. The van der Waals surface area contributed by atoms with E-state index in [1.807, 2.05) is 12.2 Å². The summed E-state index contributed by atoms with van der Waals surface area (Å²) in [5.41, 5.74) is -0.706. The Bertz CT molecular complexity index is 510. The molecule has 3 saturated carbocycles. The molecule has 0 heterocycles. The highest BCUT2D eigenvalue weighted by Crippen LogP contribution is 2.56. The highest BCUT2D eigenvalue weighted by atomic mass is 16.5. The average Bonchev–Trinajstić information content (AvgIpc) is 2.68. The van der Waals surface area contributed by atoms with Crippen LogP contribution in [0.1, 0.15) is 71.1 Å². The van der Waals surface area contributed by atoms with E-state index in [0.29, 0.717) is 18.8 Å². The maximum atomic E-state index is 12.8. The molecule has 3 aliphatic rings. The Balaban J connectivity index is 1.74. The van der Waals surface area contributed by atoms with Gasteiger partial charge in [0.25, 0.3) is 0 Å². The van der Waals surface area contributed by atoms with Gasteiger partial charge in [0.15, 0.2) is 5.78 Å². The predicted octanol–water partition coefficient (Wildman–Crippen LogP) is 3.65. The Morgan fingerprint density at radius 2 is 2.00 bits per heavy atom. The molecule has 3 rings (SSSR count). The van der Waals surface area contributed by atoms with Crippen LogP contribution in [0.25, 0.3) is 0 Å². The molecule has 0 aromatic carbocycles. The van der Waals surface area contributed by atoms with E-state index in [9.17, 15) is 15.0 Å². The standard InChI is InChI=1S/C22H36O4/c1-3-4-10-17-20-16(11-12-18(23)15-8-6-5-7-9-15)19(24)13-14-22(20,26-2)21(17)25/h11-12,15-20,23-24H,3-10,13-14H2,1-2H3/b12-11+/t16-,17?,18+,19+,20-,22+/m1/s1. The monoisotopic (exact) mass is 364 g/mol. The van der Waals surface area contributed by atoms with Crippen LogP contribution in [0.4, 0.5) is 0 Å². The summed E-state index contributed by atoms with van der Waals surface area (Å²) in [5, 5.41) is 21.2. The lowest BCUT2D eigenvalue weighted by atomic mass is 9.49. The minimum Gasteiger partial charge on any atom is -0.393 e. The van der Waals surface area contributed by atoms with Crippen molar-refractivity contribution in [1.82, 2.24) is 0 Å². The summed E-state index contributed by atoms with van der Waals surface area (Å²) in [7, 11) is 1.64. The van der Waals surface area contributed by atoms with Gasteiger partial charge in [-0.2, -0.15) is 0 Å². The maximum absolute atomic E-state index is 12.8. The molecule has 148 valence electrons. The van der Waals surface area contributed by atoms with Crippen LogP contribution in [-0.4, -0.2) is 40.9 Å². The Hall–Kier alpha value is -0.710. The Morgan fingerprint density at radius 3 is 2.65 bits per heavy atom. The van der Waals surface area contributed by atoms with Gasteiger partial charge in [0.05, 0.1) is 12.2 Å². The van der Waals surface area contributed by atoms with E-state index in [1.165, 1.54) is 19.3 Å². The minimum atomic E-state index is -0.706. The van der Waals surface area contributed by atoms with E-state index >= 15 is 0 Å². The van der Waals surface area contributed by atoms with Crippen molar-refractivity contribution < 1.29 is 19.7 Å². The smallest absolute Gasteiger partial charge is 0.168 e. The number of hydrogen-bond donors (Lipinski definition) is 2. The van der Waals surface area contributed by atoms with Gasteiger partial charge < -0.3 is 14.9 Å². The number of unbranched alkanes of at least 4 members (excludes halogenated alkanes) is 1. The highest BCUT2D eigenvalue weighted by Gasteiger charge is 2.66. The van der Waals surface area contributed by atoms with Crippen LogP contribution in [0, 0.1) is 23.7 Å². The Labute approximate surface area is 158 Å². The molecule has 0 aliphatic heterocycles. The number of aliphatic hydroxyl groups is 2. The molecule has 4 nitrogen and oxygen atoms in total. The normalized spacial score (nSPS) is 39.6. The molecule has 0 spiro atoms. The third-order valence-electron chi connectivity index (χ3n) is 7.29. The van der Waals surface area contributed by atoms with Crippen LogP contribution >= 0.6 is 0 Å². The van der Waals surface area contributed by atoms with Crippen molar-refractivity contribution in [2.45, 2.75) is 88.9 Å². The van der Waals surface area contributed by atoms with Crippen molar-refractivity contribution in [2.75, 3.05) is 7.11 Å². The van der Waals surface area contributed by atoms with Gasteiger partial charge in [0.2, 0.25) is 0 Å². The molecular weight excluding hydrogens is 328 g/mol. The van der Waals surface area contributed by atoms with Gasteiger partial charge in [0, 0.05) is 24.9 Å². The molecule has 0 aromatic heterocycles. The summed E-state index contributed by atoms with van der Waals surface area (Å²) in [6.07, 6.45) is 13.0. The number of aliphatic hydroxyl groups excluding tert-OH is 2. The van der Waals surface area contributed by atoms with Crippen LogP contribution in [0.2, 0.25) is 0 Å². The topological polar surface area (TPSA) is 66.8 Å². The second-order valence-corrected chi connectivity index (χ2v) is 8.69. The molecule has 2 N–H and O–H groups in total. The molecular formula is C22H36O4. The fourth-order valence-electron chi connectivity index (χ4n) is 5.73. The average molecular weight is 365 g/mol. The molecule has 1 unspecified atom stereocenters. The first-order chi connectivity index (χ1) is 12.5. The number of carbonyl (C=O) groups is 1. The van der Waals surface area contributed by atoms with Gasteiger partial charge in [-0.25, -0.2) is 0 Å². The van der Waals surface area contributed by atoms with Crippen molar-refractivity contribution in [2.24, 2.45) is 23.7 Å². The van der Waals surface area contributed by atoms with Gasteiger partial charge >= 0.3 is 0 Å². The van der Waals surface area contributed by atoms with Gasteiger partial charge in [-0.15, -0.1) is 0 Å². The molecule has 0 saturated heterocycles. The summed E-state index contributed by atoms with van der Waals surface area (Å²) < 4.78 is 5.74. The predicted molar refractivity (Wildman–Crippen MR) is 102 cm³/mol. The number of Topliss-reactive ketones (excluding diaryl/α,β-unsaturated/α-hetero) is 1. The first kappa shape index (κ1) is 20.0. The molecule has 26 heavy (non-hydrogen) atoms. The fraction of sp³-hybridized carbons (Fsp3) is 0.864. The molecule has 0 radical (unpaired) electrons. The van der Waals surface area contributed by atoms with E-state index in [2.05, 4.69) is 6.92 Å². The van der Waals surface area contributed by atoms with Crippen molar-refractivity contribution in [3.05, 3.63) is 12.2 Å². The summed E-state index contributed by atoms with van der Waals surface area (Å²) in [6.45, 7) is 2.14. The van der Waals surface area contributed by atoms with Crippen LogP contribution in [-0.2, 0) is 9.53 Å². The van der Waals surface area contributed by atoms with Crippen molar-refractivity contribution in [3.63, 3.8) is 0 Å². The zero-order valence-electron chi connectivity index (χ0n) is 16.4.